The van der Waals surface area contributed by atoms with Gasteiger partial charge < -0.3 is 14.5 Å². The van der Waals surface area contributed by atoms with Gasteiger partial charge in [0.05, 0.1) is 36.5 Å². The lowest BCUT2D eigenvalue weighted by atomic mass is 9.89. The molecule has 0 aromatic carbocycles. The summed E-state index contributed by atoms with van der Waals surface area (Å²) < 4.78 is 7.37. The Kier molecular flexibility index (Phi) is 3.46. The van der Waals surface area contributed by atoms with Gasteiger partial charge in [-0.2, -0.15) is 0 Å². The summed E-state index contributed by atoms with van der Waals surface area (Å²) in [4.78, 5) is 10.6. The minimum atomic E-state index is -0.408. The summed E-state index contributed by atoms with van der Waals surface area (Å²) >= 11 is 0. The molecular formula is C17H21N5O. The van der Waals surface area contributed by atoms with E-state index in [1.165, 1.54) is 0 Å². The van der Waals surface area contributed by atoms with Crippen LogP contribution in [-0.2, 0) is 10.3 Å². The van der Waals surface area contributed by atoms with Crippen LogP contribution >= 0.6 is 0 Å². The topological polar surface area (TPSA) is 47.0 Å². The van der Waals surface area contributed by atoms with Gasteiger partial charge in [-0.3, -0.25) is 0 Å². The zero-order valence-electron chi connectivity index (χ0n) is 13.4. The molecule has 2 fully saturated rings. The van der Waals surface area contributed by atoms with Gasteiger partial charge in [0.1, 0.15) is 6.33 Å². The fourth-order valence-corrected chi connectivity index (χ4v) is 3.89. The summed E-state index contributed by atoms with van der Waals surface area (Å²) in [6.45, 7) is 12.2. The second-order valence-corrected chi connectivity index (χ2v) is 6.61. The molecule has 0 spiro atoms. The van der Waals surface area contributed by atoms with Crippen LogP contribution in [-0.4, -0.2) is 40.4 Å². The summed E-state index contributed by atoms with van der Waals surface area (Å²) in [7, 11) is 0. The summed E-state index contributed by atoms with van der Waals surface area (Å²) in [6.07, 6.45) is 7.67. The molecule has 120 valence electrons. The smallest absolute Gasteiger partial charge is 0.259 e. The molecule has 4 rings (SSSR count). The Bertz CT molecular complexity index is 756. The minimum Gasteiger partial charge on any atom is -0.377 e. The Morgan fingerprint density at radius 2 is 2.22 bits per heavy atom. The van der Waals surface area contributed by atoms with Crippen molar-refractivity contribution in [1.82, 2.24) is 14.6 Å². The Morgan fingerprint density at radius 3 is 2.96 bits per heavy atom. The van der Waals surface area contributed by atoms with Gasteiger partial charge in [-0.05, 0) is 25.8 Å². The van der Waals surface area contributed by atoms with E-state index in [0.717, 1.165) is 55.7 Å². The van der Waals surface area contributed by atoms with Crippen LogP contribution < -0.4 is 4.90 Å². The maximum absolute atomic E-state index is 7.81. The van der Waals surface area contributed by atoms with E-state index < -0.39 is 5.54 Å². The van der Waals surface area contributed by atoms with E-state index in [1.54, 1.807) is 6.33 Å². The zero-order valence-corrected chi connectivity index (χ0v) is 13.4. The van der Waals surface area contributed by atoms with E-state index in [9.17, 15) is 0 Å². The molecule has 0 amide bonds. The van der Waals surface area contributed by atoms with E-state index in [2.05, 4.69) is 27.7 Å². The molecule has 1 saturated heterocycles. The number of hydrogen-bond donors (Lipinski definition) is 0. The molecule has 6 heteroatoms. The summed E-state index contributed by atoms with van der Waals surface area (Å²) in [5, 5.41) is 4.73. The van der Waals surface area contributed by atoms with Crippen molar-refractivity contribution >= 4 is 11.3 Å². The third-order valence-electron chi connectivity index (χ3n) is 5.19. The predicted molar refractivity (Wildman–Crippen MR) is 87.4 cm³/mol. The van der Waals surface area contributed by atoms with Crippen LogP contribution in [0.4, 0.5) is 5.82 Å². The van der Waals surface area contributed by atoms with Crippen molar-refractivity contribution in [3.8, 4) is 0 Å². The molecule has 23 heavy (non-hydrogen) atoms. The van der Waals surface area contributed by atoms with Gasteiger partial charge in [0.15, 0.2) is 5.82 Å². The van der Waals surface area contributed by atoms with Gasteiger partial charge >= 0.3 is 0 Å². The molecule has 3 heterocycles. The van der Waals surface area contributed by atoms with Crippen LogP contribution in [0, 0.1) is 6.57 Å². The number of aromatic nitrogens is 3. The number of nitrogens with zero attached hydrogens (tertiary/aromatic N) is 5. The summed E-state index contributed by atoms with van der Waals surface area (Å²) in [5.74, 6) is 0.927. The highest BCUT2D eigenvalue weighted by molar-refractivity contribution is 5.61. The minimum absolute atomic E-state index is 0.289. The molecule has 0 radical (unpaired) electrons. The van der Waals surface area contributed by atoms with Crippen LogP contribution in [0.25, 0.3) is 10.4 Å². The van der Waals surface area contributed by atoms with Crippen molar-refractivity contribution in [3.63, 3.8) is 0 Å². The predicted octanol–water partition coefficient (Wildman–Crippen LogP) is 2.64. The standard InChI is InChI=1S/C17H21N5O/c1-13-11-23-8-7-21(13)16-9-14(15-10-19-12-22(15)20-16)17(18-2)5-3-4-6-17/h9-10,12-13H,3-8,11H2,1H3/t13-/m1/s1. The van der Waals surface area contributed by atoms with E-state index in [1.807, 2.05) is 10.7 Å². The molecule has 0 unspecified atom stereocenters. The van der Waals surface area contributed by atoms with Crippen molar-refractivity contribution < 1.29 is 4.74 Å². The number of hydrogen-bond acceptors (Lipinski definition) is 4. The summed E-state index contributed by atoms with van der Waals surface area (Å²) in [6, 6.07) is 2.42. The van der Waals surface area contributed by atoms with Gasteiger partial charge in [0.2, 0.25) is 0 Å². The lowest BCUT2D eigenvalue weighted by Crippen LogP contribution is -2.44. The average Bonchev–Trinajstić information content (AvgIpc) is 3.24. The molecular weight excluding hydrogens is 290 g/mol. The molecule has 1 aliphatic heterocycles. The van der Waals surface area contributed by atoms with Gasteiger partial charge in [-0.25, -0.2) is 16.1 Å². The van der Waals surface area contributed by atoms with Crippen LogP contribution in [0.3, 0.4) is 0 Å². The van der Waals surface area contributed by atoms with Crippen LogP contribution in [0.1, 0.15) is 38.2 Å². The van der Waals surface area contributed by atoms with Crippen LogP contribution in [0.5, 0.6) is 0 Å². The fourth-order valence-electron chi connectivity index (χ4n) is 3.89. The fraction of sp³-hybridized carbons (Fsp3) is 0.588. The normalized spacial score (nSPS) is 24.0. The lowest BCUT2D eigenvalue weighted by molar-refractivity contribution is 0.0984. The Labute approximate surface area is 135 Å². The molecule has 2 aromatic rings. The third-order valence-corrected chi connectivity index (χ3v) is 5.19. The maximum atomic E-state index is 7.81. The number of rotatable bonds is 2. The van der Waals surface area contributed by atoms with E-state index >= 15 is 0 Å². The van der Waals surface area contributed by atoms with E-state index in [4.69, 9.17) is 16.4 Å². The number of imidazole rings is 1. The Hall–Kier alpha value is -2.13. The van der Waals surface area contributed by atoms with Gasteiger partial charge in [-0.1, -0.05) is 0 Å². The first kappa shape index (κ1) is 14.5. The maximum Gasteiger partial charge on any atom is 0.259 e. The van der Waals surface area contributed by atoms with Crippen molar-refractivity contribution in [2.45, 2.75) is 44.2 Å². The number of morpholine rings is 1. The molecule has 1 aliphatic carbocycles. The van der Waals surface area contributed by atoms with E-state index in [-0.39, 0.29) is 6.04 Å². The van der Waals surface area contributed by atoms with Crippen molar-refractivity contribution in [2.24, 2.45) is 0 Å². The quantitative estimate of drug-likeness (QED) is 0.800. The summed E-state index contributed by atoms with van der Waals surface area (Å²) in [5.41, 5.74) is 1.65. The molecule has 2 aromatic heterocycles. The highest BCUT2D eigenvalue weighted by atomic mass is 16.5. The Morgan fingerprint density at radius 1 is 1.39 bits per heavy atom. The molecule has 6 nitrogen and oxygen atoms in total. The third kappa shape index (κ3) is 2.27. The SMILES string of the molecule is [C-]#[N+]C1(c2cc(N3CCOC[C@H]3C)nn3cncc23)CCCC1. The van der Waals surface area contributed by atoms with Crippen LogP contribution in [0.15, 0.2) is 18.6 Å². The molecule has 0 N–H and O–H groups in total. The van der Waals surface area contributed by atoms with Gasteiger partial charge in [0.25, 0.3) is 5.54 Å². The molecule has 0 bridgehead atoms. The largest absolute Gasteiger partial charge is 0.377 e. The molecule has 1 saturated carbocycles. The first-order valence-corrected chi connectivity index (χ1v) is 8.30. The van der Waals surface area contributed by atoms with Crippen LogP contribution in [0.2, 0.25) is 0 Å². The number of anilines is 1. The van der Waals surface area contributed by atoms with Crippen molar-refractivity contribution in [3.05, 3.63) is 35.6 Å². The van der Waals surface area contributed by atoms with Gasteiger partial charge in [-0.15, -0.1) is 5.10 Å². The first-order valence-electron chi connectivity index (χ1n) is 8.30. The zero-order chi connectivity index (χ0) is 15.9. The Balaban J connectivity index is 1.86. The molecule has 2 aliphatic rings. The highest BCUT2D eigenvalue weighted by Crippen LogP contribution is 2.44. The monoisotopic (exact) mass is 311 g/mol. The number of ether oxygens (including phenoxy) is 1. The second-order valence-electron chi connectivity index (χ2n) is 6.61. The first-order chi connectivity index (χ1) is 11.2. The lowest BCUT2D eigenvalue weighted by Gasteiger charge is -2.34. The second kappa shape index (κ2) is 5.50. The molecule has 1 atom stereocenters. The number of fused-ring (bicyclic) bond motifs is 1. The highest BCUT2D eigenvalue weighted by Gasteiger charge is 2.44. The van der Waals surface area contributed by atoms with E-state index in [0.29, 0.717) is 6.61 Å². The van der Waals surface area contributed by atoms with Gasteiger partial charge in [0, 0.05) is 19.4 Å². The van der Waals surface area contributed by atoms with Crippen molar-refractivity contribution in [1.29, 1.82) is 0 Å². The average molecular weight is 311 g/mol. The van der Waals surface area contributed by atoms with Crippen molar-refractivity contribution in [2.75, 3.05) is 24.7 Å².